The molecule has 2 N–H and O–H groups in total. The fraction of sp³-hybridized carbons (Fsp3) is 0.467. The number of carboxylic acids is 1. The lowest BCUT2D eigenvalue weighted by Crippen LogP contribution is -2.59. The number of rotatable bonds is 4. The molecule has 1 aromatic carbocycles. The van der Waals surface area contributed by atoms with Crippen molar-refractivity contribution < 1.29 is 19.1 Å². The van der Waals surface area contributed by atoms with Crippen molar-refractivity contribution in [1.29, 1.82) is 0 Å². The number of halogens is 1. The van der Waals surface area contributed by atoms with Gasteiger partial charge in [0.15, 0.2) is 0 Å². The van der Waals surface area contributed by atoms with Crippen LogP contribution in [0.2, 0.25) is 0 Å². The predicted molar refractivity (Wildman–Crippen MR) is 69.6 cm³/mol. The van der Waals surface area contributed by atoms with Crippen LogP contribution < -0.4 is 5.32 Å². The highest BCUT2D eigenvalue weighted by molar-refractivity contribution is 5.90. The van der Waals surface area contributed by atoms with Crippen LogP contribution in [0.3, 0.4) is 0 Å². The lowest BCUT2D eigenvalue weighted by atomic mass is 9.76. The molecule has 2 aliphatic carbocycles. The summed E-state index contributed by atoms with van der Waals surface area (Å²) in [5.74, 6) is -1.54. The predicted octanol–water partition coefficient (Wildman–Crippen LogP) is 2.05. The molecule has 0 radical (unpaired) electrons. The first-order valence-electron chi connectivity index (χ1n) is 6.83. The molecule has 2 aliphatic rings. The molecular formula is C15H16FNO3. The van der Waals surface area contributed by atoms with E-state index < -0.39 is 11.5 Å². The van der Waals surface area contributed by atoms with E-state index >= 15 is 0 Å². The van der Waals surface area contributed by atoms with Gasteiger partial charge in [-0.1, -0.05) is 12.1 Å². The zero-order valence-corrected chi connectivity index (χ0v) is 10.9. The second kappa shape index (κ2) is 4.58. The van der Waals surface area contributed by atoms with Crippen molar-refractivity contribution in [3.8, 4) is 0 Å². The molecule has 2 unspecified atom stereocenters. The van der Waals surface area contributed by atoms with E-state index in [1.165, 1.54) is 12.1 Å². The number of aliphatic carboxylic acids is 1. The van der Waals surface area contributed by atoms with E-state index in [1.807, 2.05) is 0 Å². The number of hydrogen-bond donors (Lipinski definition) is 2. The van der Waals surface area contributed by atoms with E-state index in [0.29, 0.717) is 19.3 Å². The summed E-state index contributed by atoms with van der Waals surface area (Å²) in [4.78, 5) is 23.3. The number of carbonyl (C=O) groups excluding carboxylic acids is 1. The summed E-state index contributed by atoms with van der Waals surface area (Å²) in [7, 11) is 0. The Morgan fingerprint density at radius 1 is 1.25 bits per heavy atom. The number of carboxylic acid groups (broad SMARTS) is 1. The molecule has 0 aromatic heterocycles. The third kappa shape index (κ3) is 2.17. The van der Waals surface area contributed by atoms with E-state index in [1.54, 1.807) is 12.1 Å². The fourth-order valence-corrected chi connectivity index (χ4v) is 2.81. The average Bonchev–Trinajstić information content (AvgIpc) is 3.14. The third-order valence-corrected chi connectivity index (χ3v) is 4.40. The molecule has 20 heavy (non-hydrogen) atoms. The van der Waals surface area contributed by atoms with Crippen LogP contribution in [0.15, 0.2) is 24.3 Å². The van der Waals surface area contributed by atoms with Gasteiger partial charge in [-0.2, -0.15) is 0 Å². The van der Waals surface area contributed by atoms with Gasteiger partial charge in [-0.15, -0.1) is 0 Å². The van der Waals surface area contributed by atoms with Crippen LogP contribution in [0.1, 0.15) is 37.2 Å². The maximum Gasteiger partial charge on any atom is 0.329 e. The van der Waals surface area contributed by atoms with E-state index in [-0.39, 0.29) is 23.6 Å². The Hall–Kier alpha value is -1.91. The van der Waals surface area contributed by atoms with Gasteiger partial charge in [0, 0.05) is 5.92 Å². The summed E-state index contributed by atoms with van der Waals surface area (Å²) < 4.78 is 12.8. The first kappa shape index (κ1) is 13.1. The summed E-state index contributed by atoms with van der Waals surface area (Å²) >= 11 is 0. The number of amides is 1. The summed E-state index contributed by atoms with van der Waals surface area (Å²) in [6, 6.07) is 6.13. The molecular weight excluding hydrogens is 261 g/mol. The minimum atomic E-state index is -1.05. The summed E-state index contributed by atoms with van der Waals surface area (Å²) in [6.07, 6.45) is 2.54. The van der Waals surface area contributed by atoms with Crippen molar-refractivity contribution in [3.05, 3.63) is 35.6 Å². The first-order chi connectivity index (χ1) is 9.52. The van der Waals surface area contributed by atoms with Gasteiger partial charge < -0.3 is 10.4 Å². The molecule has 0 spiro atoms. The highest BCUT2D eigenvalue weighted by Gasteiger charge is 2.50. The zero-order chi connectivity index (χ0) is 14.3. The van der Waals surface area contributed by atoms with Crippen LogP contribution in [0.25, 0.3) is 0 Å². The van der Waals surface area contributed by atoms with Crippen LogP contribution in [-0.4, -0.2) is 22.5 Å². The molecule has 1 amide bonds. The summed E-state index contributed by atoms with van der Waals surface area (Å²) in [6.45, 7) is 0. The third-order valence-electron chi connectivity index (χ3n) is 4.40. The van der Waals surface area contributed by atoms with Gasteiger partial charge in [-0.05, 0) is 49.3 Å². The number of hydrogen-bond acceptors (Lipinski definition) is 2. The van der Waals surface area contributed by atoms with Crippen molar-refractivity contribution in [2.45, 2.75) is 37.1 Å². The lowest BCUT2D eigenvalue weighted by Gasteiger charge is -2.38. The molecule has 0 saturated heterocycles. The Balaban J connectivity index is 1.63. The van der Waals surface area contributed by atoms with Gasteiger partial charge in [-0.25, -0.2) is 9.18 Å². The molecule has 1 aromatic rings. The fourth-order valence-electron chi connectivity index (χ4n) is 2.81. The zero-order valence-electron chi connectivity index (χ0n) is 10.9. The topological polar surface area (TPSA) is 66.4 Å². The summed E-state index contributed by atoms with van der Waals surface area (Å²) in [5, 5.41) is 11.9. The number of nitrogens with one attached hydrogen (secondary N) is 1. The molecule has 2 saturated carbocycles. The van der Waals surface area contributed by atoms with Gasteiger partial charge in [0.1, 0.15) is 11.4 Å². The second-order valence-electron chi connectivity index (χ2n) is 5.73. The molecule has 3 rings (SSSR count). The maximum absolute atomic E-state index is 12.8. The number of carbonyl (C=O) groups is 2. The quantitative estimate of drug-likeness (QED) is 0.885. The monoisotopic (exact) mass is 277 g/mol. The largest absolute Gasteiger partial charge is 0.480 e. The smallest absolute Gasteiger partial charge is 0.329 e. The molecule has 106 valence electrons. The molecule has 4 nitrogen and oxygen atoms in total. The van der Waals surface area contributed by atoms with Crippen LogP contribution in [-0.2, 0) is 9.59 Å². The minimum absolute atomic E-state index is 0.0847. The molecule has 2 fully saturated rings. The van der Waals surface area contributed by atoms with E-state index in [0.717, 1.165) is 12.0 Å². The molecule has 5 heteroatoms. The lowest BCUT2D eigenvalue weighted by molar-refractivity contribution is -0.152. The van der Waals surface area contributed by atoms with Crippen LogP contribution in [0.5, 0.6) is 0 Å². The Morgan fingerprint density at radius 2 is 1.90 bits per heavy atom. The minimum Gasteiger partial charge on any atom is -0.480 e. The highest BCUT2D eigenvalue weighted by Crippen LogP contribution is 2.48. The van der Waals surface area contributed by atoms with Crippen molar-refractivity contribution in [1.82, 2.24) is 5.32 Å². The van der Waals surface area contributed by atoms with Crippen molar-refractivity contribution in [3.63, 3.8) is 0 Å². The van der Waals surface area contributed by atoms with E-state index in [9.17, 15) is 19.1 Å². The maximum atomic E-state index is 12.8. The standard InChI is InChI=1S/C15H16FNO3/c16-10-4-2-9(3-5-10)11-8-12(11)13(18)17-15(14(19)20)6-1-7-15/h2-5,11-12H,1,6-8H2,(H,17,18)(H,19,20). The van der Waals surface area contributed by atoms with Gasteiger partial charge in [0.2, 0.25) is 5.91 Å². The molecule has 2 atom stereocenters. The number of benzene rings is 1. The Bertz CT molecular complexity index is 551. The Labute approximate surface area is 116 Å². The van der Waals surface area contributed by atoms with Crippen LogP contribution >= 0.6 is 0 Å². The summed E-state index contributed by atoms with van der Waals surface area (Å²) in [5.41, 5.74) is -0.114. The Kier molecular flexibility index (Phi) is 3.00. The Morgan fingerprint density at radius 3 is 2.40 bits per heavy atom. The highest BCUT2D eigenvalue weighted by atomic mass is 19.1. The van der Waals surface area contributed by atoms with Crippen LogP contribution in [0.4, 0.5) is 4.39 Å². The van der Waals surface area contributed by atoms with Gasteiger partial charge in [0.05, 0.1) is 0 Å². The first-order valence-corrected chi connectivity index (χ1v) is 6.83. The van der Waals surface area contributed by atoms with Crippen molar-refractivity contribution in [2.75, 3.05) is 0 Å². The molecule has 0 aliphatic heterocycles. The average molecular weight is 277 g/mol. The van der Waals surface area contributed by atoms with Gasteiger partial charge in [0.25, 0.3) is 0 Å². The normalized spacial score (nSPS) is 26.4. The van der Waals surface area contributed by atoms with Crippen molar-refractivity contribution >= 4 is 11.9 Å². The van der Waals surface area contributed by atoms with Gasteiger partial charge in [-0.3, -0.25) is 4.79 Å². The molecule has 0 bridgehead atoms. The van der Waals surface area contributed by atoms with Crippen molar-refractivity contribution in [2.24, 2.45) is 5.92 Å². The van der Waals surface area contributed by atoms with E-state index in [2.05, 4.69) is 5.32 Å². The van der Waals surface area contributed by atoms with Gasteiger partial charge >= 0.3 is 5.97 Å². The van der Waals surface area contributed by atoms with Crippen LogP contribution in [0, 0.1) is 11.7 Å². The second-order valence-corrected chi connectivity index (χ2v) is 5.73. The molecule has 0 heterocycles. The SMILES string of the molecule is O=C(NC1(C(=O)O)CCC1)C1CC1c1ccc(F)cc1. The van der Waals surface area contributed by atoms with E-state index in [4.69, 9.17) is 0 Å².